The number of benzene rings is 2. The molecule has 2 aromatic heterocycles. The van der Waals surface area contributed by atoms with Gasteiger partial charge in [0.1, 0.15) is 0 Å². The zero-order chi connectivity index (χ0) is 24.4. The Hall–Kier alpha value is -3.57. The van der Waals surface area contributed by atoms with Crippen molar-refractivity contribution in [2.45, 2.75) is 39.7 Å². The van der Waals surface area contributed by atoms with Crippen molar-refractivity contribution in [3.63, 3.8) is 0 Å². The summed E-state index contributed by atoms with van der Waals surface area (Å²) in [5.41, 5.74) is 7.37. The molecule has 4 aromatic rings. The van der Waals surface area contributed by atoms with Gasteiger partial charge in [0.05, 0.1) is 11.4 Å². The lowest BCUT2D eigenvalue weighted by atomic mass is 9.82. The lowest BCUT2D eigenvalue weighted by Crippen LogP contribution is -2.37. The lowest BCUT2D eigenvalue weighted by Gasteiger charge is -2.37. The molecule has 1 amide bonds. The van der Waals surface area contributed by atoms with E-state index in [9.17, 15) is 4.79 Å². The average molecular weight is 467 g/mol. The number of carbonyl (C=O) groups is 1. The van der Waals surface area contributed by atoms with E-state index in [1.54, 1.807) is 6.92 Å². The molecule has 1 unspecified atom stereocenters. The van der Waals surface area contributed by atoms with Crippen LogP contribution in [0.4, 0.5) is 5.69 Å². The fourth-order valence-corrected chi connectivity index (χ4v) is 5.21. The first-order valence-corrected chi connectivity index (χ1v) is 12.5. The van der Waals surface area contributed by atoms with Crippen LogP contribution in [0.1, 0.15) is 43.4 Å². The molecular formula is C30H34N4O. The second-order valence-corrected chi connectivity index (χ2v) is 9.93. The summed E-state index contributed by atoms with van der Waals surface area (Å²) in [6.07, 6.45) is 9.41. The normalized spacial score (nSPS) is 15.8. The van der Waals surface area contributed by atoms with E-state index in [1.165, 1.54) is 28.1 Å². The second-order valence-electron chi connectivity index (χ2n) is 9.93. The van der Waals surface area contributed by atoms with Gasteiger partial charge in [0.2, 0.25) is 5.91 Å². The van der Waals surface area contributed by atoms with Crippen LogP contribution in [0.5, 0.6) is 0 Å². The summed E-state index contributed by atoms with van der Waals surface area (Å²) in [6, 6.07) is 21.5. The van der Waals surface area contributed by atoms with Crippen LogP contribution in [-0.2, 0) is 17.8 Å². The Morgan fingerprint density at radius 2 is 1.63 bits per heavy atom. The molecule has 3 heterocycles. The maximum Gasteiger partial charge on any atom is 0.221 e. The Bertz CT molecular complexity index is 1290. The highest BCUT2D eigenvalue weighted by Crippen LogP contribution is 2.35. The Labute approximate surface area is 208 Å². The van der Waals surface area contributed by atoms with Gasteiger partial charge >= 0.3 is 0 Å². The van der Waals surface area contributed by atoms with E-state index in [2.05, 4.69) is 113 Å². The molecule has 0 aliphatic carbocycles. The number of carbonyl (C=O) groups excluding carboxylic acids is 1. The van der Waals surface area contributed by atoms with Crippen molar-refractivity contribution in [3.8, 4) is 11.4 Å². The molecule has 0 bridgehead atoms. The summed E-state index contributed by atoms with van der Waals surface area (Å²) < 4.78 is 4.36. The smallest absolute Gasteiger partial charge is 0.221 e. The Balaban J connectivity index is 1.35. The summed E-state index contributed by atoms with van der Waals surface area (Å²) >= 11 is 0. The molecule has 1 atom stereocenters. The van der Waals surface area contributed by atoms with Gasteiger partial charge < -0.3 is 14.5 Å². The third-order valence-electron chi connectivity index (χ3n) is 7.04. The topological polar surface area (TPSA) is 42.2 Å². The number of fused-ring (bicyclic) bond motifs is 1. The zero-order valence-electron chi connectivity index (χ0n) is 20.8. The van der Waals surface area contributed by atoms with Crippen molar-refractivity contribution in [2.75, 3.05) is 18.4 Å². The van der Waals surface area contributed by atoms with Gasteiger partial charge in [0, 0.05) is 57.0 Å². The molecule has 1 aliphatic rings. The largest absolute Gasteiger partial charge is 0.326 e. The Morgan fingerprint density at radius 3 is 2.29 bits per heavy atom. The number of rotatable bonds is 7. The van der Waals surface area contributed by atoms with Crippen molar-refractivity contribution in [2.24, 2.45) is 5.92 Å². The molecule has 5 heteroatoms. The number of aromatic nitrogens is 2. The molecular weight excluding hydrogens is 432 g/mol. The fraction of sp³-hybridized carbons (Fsp3) is 0.300. The summed E-state index contributed by atoms with van der Waals surface area (Å²) in [4.78, 5) is 14.1. The maximum atomic E-state index is 11.5. The first kappa shape index (κ1) is 23.2. The van der Waals surface area contributed by atoms with Gasteiger partial charge in [0.15, 0.2) is 0 Å². The highest BCUT2D eigenvalue weighted by atomic mass is 16.1. The van der Waals surface area contributed by atoms with Crippen LogP contribution in [-0.4, -0.2) is 33.0 Å². The molecule has 0 saturated heterocycles. The number of nitrogens with zero attached hydrogens (tertiary/aromatic N) is 3. The third kappa shape index (κ3) is 5.10. The van der Waals surface area contributed by atoms with E-state index >= 15 is 0 Å². The first-order valence-electron chi connectivity index (χ1n) is 12.5. The molecule has 0 fully saturated rings. The van der Waals surface area contributed by atoms with Crippen LogP contribution in [0, 0.1) is 5.92 Å². The summed E-state index contributed by atoms with van der Waals surface area (Å²) in [5, 5.41) is 2.95. The van der Waals surface area contributed by atoms with Crippen molar-refractivity contribution < 1.29 is 4.79 Å². The quantitative estimate of drug-likeness (QED) is 0.362. The van der Waals surface area contributed by atoms with E-state index in [4.69, 9.17) is 0 Å². The van der Waals surface area contributed by atoms with Gasteiger partial charge in [-0.1, -0.05) is 26.0 Å². The minimum absolute atomic E-state index is 0.0226. The number of nitrogens with one attached hydrogen (secondary N) is 1. The van der Waals surface area contributed by atoms with Gasteiger partial charge in [-0.3, -0.25) is 9.69 Å². The zero-order valence-corrected chi connectivity index (χ0v) is 20.8. The minimum Gasteiger partial charge on any atom is -0.326 e. The summed E-state index contributed by atoms with van der Waals surface area (Å²) in [6.45, 7) is 9.17. The number of amides is 1. The Kier molecular flexibility index (Phi) is 6.60. The molecule has 5 rings (SSSR count). The standard InChI is InChI=1S/C30H34N4O/c1-22(2)28-21-32(20-25-9-10-26(19-27(25)28)31-23(3)35)17-12-24-8-11-29(33-13-4-5-14-33)30(18-24)34-15-6-7-16-34/h4-11,13-16,18-19,22,28H,12,17,20-21H2,1-3H3,(H,31,35). The lowest BCUT2D eigenvalue weighted by molar-refractivity contribution is -0.114. The van der Waals surface area contributed by atoms with Crippen LogP contribution < -0.4 is 5.32 Å². The highest BCUT2D eigenvalue weighted by molar-refractivity contribution is 5.88. The maximum absolute atomic E-state index is 11.5. The first-order chi connectivity index (χ1) is 17.0. The van der Waals surface area contributed by atoms with Crippen LogP contribution in [0.15, 0.2) is 85.5 Å². The van der Waals surface area contributed by atoms with Crippen molar-refractivity contribution in [1.29, 1.82) is 0 Å². The molecule has 5 nitrogen and oxygen atoms in total. The SMILES string of the molecule is CC(=O)Nc1ccc2c(c1)C(C(C)C)CN(CCc1ccc(-n3cccc3)c(-n3cccc3)c1)C2. The van der Waals surface area contributed by atoms with E-state index in [0.29, 0.717) is 11.8 Å². The van der Waals surface area contributed by atoms with Crippen LogP contribution in [0.2, 0.25) is 0 Å². The molecule has 1 aliphatic heterocycles. The molecule has 1 N–H and O–H groups in total. The average Bonchev–Trinajstić information content (AvgIpc) is 3.56. The minimum atomic E-state index is -0.0226. The monoisotopic (exact) mass is 466 g/mol. The van der Waals surface area contributed by atoms with Gasteiger partial charge in [-0.05, 0) is 83.5 Å². The molecule has 0 saturated carbocycles. The van der Waals surface area contributed by atoms with Crippen LogP contribution in [0.3, 0.4) is 0 Å². The van der Waals surface area contributed by atoms with Crippen LogP contribution >= 0.6 is 0 Å². The van der Waals surface area contributed by atoms with E-state index < -0.39 is 0 Å². The van der Waals surface area contributed by atoms with Gasteiger partial charge in [-0.15, -0.1) is 0 Å². The van der Waals surface area contributed by atoms with Crippen LogP contribution in [0.25, 0.3) is 11.4 Å². The van der Waals surface area contributed by atoms with E-state index in [0.717, 1.165) is 31.7 Å². The third-order valence-corrected chi connectivity index (χ3v) is 7.04. The predicted molar refractivity (Wildman–Crippen MR) is 142 cm³/mol. The molecule has 35 heavy (non-hydrogen) atoms. The van der Waals surface area contributed by atoms with Gasteiger partial charge in [0.25, 0.3) is 0 Å². The molecule has 0 radical (unpaired) electrons. The Morgan fingerprint density at radius 1 is 0.943 bits per heavy atom. The van der Waals surface area contributed by atoms with Gasteiger partial charge in [-0.2, -0.15) is 0 Å². The molecule has 0 spiro atoms. The van der Waals surface area contributed by atoms with Crippen molar-refractivity contribution in [1.82, 2.24) is 14.0 Å². The van der Waals surface area contributed by atoms with Crippen molar-refractivity contribution >= 4 is 11.6 Å². The second kappa shape index (κ2) is 9.96. The number of anilines is 1. The predicted octanol–water partition coefficient (Wildman–Crippen LogP) is 6.02. The summed E-state index contributed by atoms with van der Waals surface area (Å²) in [5.74, 6) is 0.967. The number of hydrogen-bond donors (Lipinski definition) is 1. The molecule has 180 valence electrons. The summed E-state index contributed by atoms with van der Waals surface area (Å²) in [7, 11) is 0. The molecule has 2 aromatic carbocycles. The van der Waals surface area contributed by atoms with E-state index in [1.807, 2.05) is 6.07 Å². The van der Waals surface area contributed by atoms with Crippen molar-refractivity contribution in [3.05, 3.63) is 102 Å². The highest BCUT2D eigenvalue weighted by Gasteiger charge is 2.27. The number of hydrogen-bond acceptors (Lipinski definition) is 2. The van der Waals surface area contributed by atoms with E-state index in [-0.39, 0.29) is 5.91 Å². The fourth-order valence-electron chi connectivity index (χ4n) is 5.21. The van der Waals surface area contributed by atoms with Gasteiger partial charge in [-0.25, -0.2) is 0 Å².